The number of unbranched alkanes of at least 4 members (excludes halogenated alkanes) is 1. The molecule has 3 heteroatoms. The van der Waals surface area contributed by atoms with Crippen molar-refractivity contribution in [2.75, 3.05) is 20.8 Å². The van der Waals surface area contributed by atoms with Gasteiger partial charge in [-0.1, -0.05) is 50.1 Å². The van der Waals surface area contributed by atoms with Gasteiger partial charge in [-0.3, -0.25) is 0 Å². The monoisotopic (exact) mass is 325 g/mol. The van der Waals surface area contributed by atoms with Crippen molar-refractivity contribution in [3.8, 4) is 11.5 Å². The first-order valence-corrected chi connectivity index (χ1v) is 8.82. The summed E-state index contributed by atoms with van der Waals surface area (Å²) in [5.41, 5.74) is 4.00. The third-order valence-corrected chi connectivity index (χ3v) is 4.95. The lowest BCUT2D eigenvalue weighted by atomic mass is 9.81. The minimum absolute atomic E-state index is 0.207. The molecule has 0 saturated heterocycles. The summed E-state index contributed by atoms with van der Waals surface area (Å²) in [4.78, 5) is 0. The molecule has 0 radical (unpaired) electrons. The Bertz CT molecular complexity index is 669. The highest BCUT2D eigenvalue weighted by Crippen LogP contribution is 2.42. The molecule has 1 aliphatic rings. The predicted molar refractivity (Wildman–Crippen MR) is 98.1 cm³/mol. The molecule has 1 heterocycles. The average molecular weight is 325 g/mol. The molecule has 0 amide bonds. The smallest absolute Gasteiger partial charge is 0.161 e. The average Bonchev–Trinajstić information content (AvgIpc) is 2.65. The van der Waals surface area contributed by atoms with E-state index >= 15 is 0 Å². The lowest BCUT2D eigenvalue weighted by molar-refractivity contribution is 0.351. The Morgan fingerprint density at radius 1 is 1.00 bits per heavy atom. The molecule has 0 aromatic heterocycles. The molecule has 3 rings (SSSR count). The number of fused-ring (bicyclic) bond motifs is 1. The van der Waals surface area contributed by atoms with Crippen molar-refractivity contribution < 1.29 is 9.47 Å². The summed E-state index contributed by atoms with van der Waals surface area (Å²) in [5, 5.41) is 3.74. The van der Waals surface area contributed by atoms with Crippen molar-refractivity contribution >= 4 is 0 Å². The first-order chi connectivity index (χ1) is 11.8. The molecule has 0 fully saturated rings. The second-order valence-corrected chi connectivity index (χ2v) is 6.43. The minimum atomic E-state index is 0.207. The summed E-state index contributed by atoms with van der Waals surface area (Å²) in [7, 11) is 3.41. The zero-order valence-corrected chi connectivity index (χ0v) is 14.8. The van der Waals surface area contributed by atoms with Crippen LogP contribution in [0.4, 0.5) is 0 Å². The van der Waals surface area contributed by atoms with Crippen molar-refractivity contribution in [2.24, 2.45) is 0 Å². The van der Waals surface area contributed by atoms with Crippen molar-refractivity contribution in [1.29, 1.82) is 0 Å². The topological polar surface area (TPSA) is 30.5 Å². The summed E-state index contributed by atoms with van der Waals surface area (Å²) >= 11 is 0. The van der Waals surface area contributed by atoms with Gasteiger partial charge in [-0.2, -0.15) is 0 Å². The number of ether oxygens (including phenoxy) is 2. The fraction of sp³-hybridized carbons (Fsp3) is 0.429. The number of hydrogen-bond donors (Lipinski definition) is 1. The highest BCUT2D eigenvalue weighted by atomic mass is 16.5. The molecule has 0 unspecified atom stereocenters. The minimum Gasteiger partial charge on any atom is -0.493 e. The Morgan fingerprint density at radius 3 is 2.29 bits per heavy atom. The van der Waals surface area contributed by atoms with Crippen LogP contribution in [0.1, 0.15) is 54.8 Å². The molecule has 0 bridgehead atoms. The van der Waals surface area contributed by atoms with Gasteiger partial charge in [0.05, 0.1) is 20.3 Å². The van der Waals surface area contributed by atoms with E-state index in [1.807, 2.05) is 0 Å². The summed E-state index contributed by atoms with van der Waals surface area (Å²) in [6.45, 7) is 3.25. The molecule has 0 spiro atoms. The maximum atomic E-state index is 5.55. The number of methoxy groups -OCH3 is 2. The lowest BCUT2D eigenvalue weighted by Crippen LogP contribution is -2.33. The van der Waals surface area contributed by atoms with Gasteiger partial charge >= 0.3 is 0 Å². The van der Waals surface area contributed by atoms with Gasteiger partial charge in [0.1, 0.15) is 0 Å². The number of hydrogen-bond acceptors (Lipinski definition) is 3. The van der Waals surface area contributed by atoms with Gasteiger partial charge < -0.3 is 14.8 Å². The molecular formula is C21H27NO2. The van der Waals surface area contributed by atoms with Crippen molar-refractivity contribution in [3.63, 3.8) is 0 Å². The van der Waals surface area contributed by atoms with E-state index in [-0.39, 0.29) is 6.04 Å². The fourth-order valence-electron chi connectivity index (χ4n) is 3.64. The van der Waals surface area contributed by atoms with Crippen LogP contribution >= 0.6 is 0 Å². The van der Waals surface area contributed by atoms with Gasteiger partial charge in [-0.15, -0.1) is 0 Å². The summed E-state index contributed by atoms with van der Waals surface area (Å²) in [6, 6.07) is 15.2. The van der Waals surface area contributed by atoms with Gasteiger partial charge in [0.15, 0.2) is 11.5 Å². The van der Waals surface area contributed by atoms with Gasteiger partial charge in [-0.05, 0) is 41.2 Å². The summed E-state index contributed by atoms with van der Waals surface area (Å²) < 4.78 is 11.1. The Morgan fingerprint density at radius 2 is 1.67 bits per heavy atom. The largest absolute Gasteiger partial charge is 0.493 e. The van der Waals surface area contributed by atoms with E-state index in [1.54, 1.807) is 14.2 Å². The maximum Gasteiger partial charge on any atom is 0.161 e. The van der Waals surface area contributed by atoms with Gasteiger partial charge in [0, 0.05) is 6.54 Å². The van der Waals surface area contributed by atoms with Crippen LogP contribution in [0.2, 0.25) is 0 Å². The van der Waals surface area contributed by atoms with Gasteiger partial charge in [0.2, 0.25) is 0 Å². The maximum absolute atomic E-state index is 5.55. The molecule has 2 atom stereocenters. The fourth-order valence-corrected chi connectivity index (χ4v) is 3.64. The molecule has 1 N–H and O–H groups in total. The molecule has 2 aromatic rings. The molecule has 1 aliphatic heterocycles. The molecule has 128 valence electrons. The van der Waals surface area contributed by atoms with Crippen LogP contribution in [0.15, 0.2) is 42.5 Å². The van der Waals surface area contributed by atoms with E-state index in [9.17, 15) is 0 Å². The standard InChI is InChI=1S/C21H27NO2/c1-4-5-9-16-14-22-21(15-10-7-6-8-11-15)18-13-20(24-3)19(23-2)12-17(16)18/h6-8,10-13,16,21-22H,4-5,9,14H2,1-3H3/t16-,21-/m0/s1. The second-order valence-electron chi connectivity index (χ2n) is 6.43. The zero-order valence-electron chi connectivity index (χ0n) is 14.8. The normalized spacial score (nSPS) is 19.6. The van der Waals surface area contributed by atoms with Crippen molar-refractivity contribution in [2.45, 2.75) is 38.1 Å². The summed E-state index contributed by atoms with van der Waals surface area (Å²) in [6.07, 6.45) is 3.67. The van der Waals surface area contributed by atoms with Gasteiger partial charge in [0.25, 0.3) is 0 Å². The quantitative estimate of drug-likeness (QED) is 0.837. The third-order valence-electron chi connectivity index (χ3n) is 4.95. The van der Waals surface area contributed by atoms with Crippen LogP contribution in [0, 0.1) is 0 Å². The molecule has 0 aliphatic carbocycles. The molecule has 0 saturated carbocycles. The number of nitrogens with one attached hydrogen (secondary N) is 1. The van der Waals surface area contributed by atoms with E-state index in [2.05, 4.69) is 54.7 Å². The first-order valence-electron chi connectivity index (χ1n) is 8.82. The van der Waals surface area contributed by atoms with Crippen LogP contribution in [-0.2, 0) is 0 Å². The SMILES string of the molecule is CCCC[C@H]1CN[C@@H](c2ccccc2)c2cc(OC)c(OC)cc21. The van der Waals surface area contributed by atoms with E-state index in [0.29, 0.717) is 5.92 Å². The second kappa shape index (κ2) is 7.71. The van der Waals surface area contributed by atoms with Crippen LogP contribution in [0.5, 0.6) is 11.5 Å². The van der Waals surface area contributed by atoms with E-state index in [1.165, 1.54) is 36.0 Å². The Kier molecular flexibility index (Phi) is 5.41. The molecular weight excluding hydrogens is 298 g/mol. The van der Waals surface area contributed by atoms with Crippen LogP contribution in [-0.4, -0.2) is 20.8 Å². The van der Waals surface area contributed by atoms with E-state index < -0.39 is 0 Å². The van der Waals surface area contributed by atoms with Crippen LogP contribution in [0.3, 0.4) is 0 Å². The van der Waals surface area contributed by atoms with E-state index in [4.69, 9.17) is 9.47 Å². The van der Waals surface area contributed by atoms with Gasteiger partial charge in [-0.25, -0.2) is 0 Å². The Balaban J connectivity index is 2.06. The zero-order chi connectivity index (χ0) is 16.9. The summed E-state index contributed by atoms with van der Waals surface area (Å²) in [5.74, 6) is 2.15. The van der Waals surface area contributed by atoms with Crippen LogP contribution in [0.25, 0.3) is 0 Å². The molecule has 2 aromatic carbocycles. The van der Waals surface area contributed by atoms with Crippen LogP contribution < -0.4 is 14.8 Å². The van der Waals surface area contributed by atoms with E-state index in [0.717, 1.165) is 18.0 Å². The van der Waals surface area contributed by atoms with Crippen molar-refractivity contribution in [1.82, 2.24) is 5.32 Å². The first kappa shape index (κ1) is 16.8. The van der Waals surface area contributed by atoms with Crippen molar-refractivity contribution in [3.05, 3.63) is 59.2 Å². The third kappa shape index (κ3) is 3.27. The Labute approximate surface area is 145 Å². The Hall–Kier alpha value is -2.00. The number of rotatable bonds is 6. The highest BCUT2D eigenvalue weighted by molar-refractivity contribution is 5.52. The highest BCUT2D eigenvalue weighted by Gasteiger charge is 2.29. The molecule has 24 heavy (non-hydrogen) atoms. The lowest BCUT2D eigenvalue weighted by Gasteiger charge is -2.34. The number of benzene rings is 2. The molecule has 3 nitrogen and oxygen atoms in total. The predicted octanol–water partition coefficient (Wildman–Crippen LogP) is 4.67.